The molecule has 1 heterocycles. The zero-order chi connectivity index (χ0) is 21.0. The molecule has 2 aromatic carbocycles. The molecule has 0 saturated carbocycles. The summed E-state index contributed by atoms with van der Waals surface area (Å²) in [6.07, 6.45) is 1.98. The summed E-state index contributed by atoms with van der Waals surface area (Å²) in [5, 5.41) is 3.22. The van der Waals surface area contributed by atoms with Crippen LogP contribution in [0.15, 0.2) is 48.5 Å². The number of nitrogens with one attached hydrogen (secondary N) is 1. The third-order valence-electron chi connectivity index (χ3n) is 6.02. The van der Waals surface area contributed by atoms with Gasteiger partial charge >= 0.3 is 0 Å². The highest BCUT2D eigenvalue weighted by Crippen LogP contribution is 2.42. The van der Waals surface area contributed by atoms with Gasteiger partial charge in [-0.2, -0.15) is 0 Å². The second-order valence-electron chi connectivity index (χ2n) is 8.25. The molecule has 0 aliphatic carbocycles. The van der Waals surface area contributed by atoms with Crippen LogP contribution >= 0.6 is 0 Å². The van der Waals surface area contributed by atoms with Crippen LogP contribution in [0, 0.1) is 0 Å². The zero-order valence-corrected chi connectivity index (χ0v) is 18.2. The van der Waals surface area contributed by atoms with Gasteiger partial charge in [0.05, 0.1) is 6.04 Å². The fraction of sp³-hybridized carbons (Fsp3) is 0.480. The molecule has 1 aliphatic rings. The SMILES string of the molecule is CCC1(CC)C[C@@H](NC(=O)[C@H](C)Oc2ccccc2C(C)C)c2ccccc2O1. The highest BCUT2D eigenvalue weighted by atomic mass is 16.5. The van der Waals surface area contributed by atoms with Crippen LogP contribution in [0.25, 0.3) is 0 Å². The van der Waals surface area contributed by atoms with E-state index < -0.39 is 6.10 Å². The maximum Gasteiger partial charge on any atom is 0.261 e. The Morgan fingerprint density at radius 2 is 1.76 bits per heavy atom. The number of hydrogen-bond acceptors (Lipinski definition) is 3. The quantitative estimate of drug-likeness (QED) is 0.647. The van der Waals surface area contributed by atoms with Crippen LogP contribution in [0.5, 0.6) is 11.5 Å². The van der Waals surface area contributed by atoms with E-state index in [2.05, 4.69) is 39.1 Å². The normalized spacial score (nSPS) is 18.5. The number of para-hydroxylation sites is 2. The first-order valence-electron chi connectivity index (χ1n) is 10.7. The number of benzene rings is 2. The lowest BCUT2D eigenvalue weighted by atomic mass is 9.83. The van der Waals surface area contributed by atoms with Gasteiger partial charge < -0.3 is 14.8 Å². The Hall–Kier alpha value is -2.49. The minimum Gasteiger partial charge on any atom is -0.487 e. The van der Waals surface area contributed by atoms with Crippen LogP contribution < -0.4 is 14.8 Å². The minimum absolute atomic E-state index is 0.0845. The maximum atomic E-state index is 13.0. The lowest BCUT2D eigenvalue weighted by Gasteiger charge is -2.42. The third-order valence-corrected chi connectivity index (χ3v) is 6.02. The summed E-state index contributed by atoms with van der Waals surface area (Å²) in [6, 6.07) is 15.8. The number of fused-ring (bicyclic) bond motifs is 1. The molecule has 0 aromatic heterocycles. The first-order valence-corrected chi connectivity index (χ1v) is 10.7. The van der Waals surface area contributed by atoms with E-state index in [-0.39, 0.29) is 17.6 Å². The van der Waals surface area contributed by atoms with Crippen LogP contribution in [0.1, 0.15) is 77.0 Å². The topological polar surface area (TPSA) is 47.6 Å². The third kappa shape index (κ3) is 4.58. The molecular weight excluding hydrogens is 362 g/mol. The molecule has 2 aromatic rings. The van der Waals surface area contributed by atoms with Crippen LogP contribution in [-0.2, 0) is 4.79 Å². The van der Waals surface area contributed by atoms with Crippen molar-refractivity contribution in [3.63, 3.8) is 0 Å². The summed E-state index contributed by atoms with van der Waals surface area (Å²) in [6.45, 7) is 10.3. The van der Waals surface area contributed by atoms with Crippen molar-refractivity contribution in [2.75, 3.05) is 0 Å². The highest BCUT2D eigenvalue weighted by molar-refractivity contribution is 5.81. The van der Waals surface area contributed by atoms with Crippen molar-refractivity contribution in [1.29, 1.82) is 0 Å². The summed E-state index contributed by atoms with van der Waals surface area (Å²) in [4.78, 5) is 13.0. The zero-order valence-electron chi connectivity index (χ0n) is 18.2. The fourth-order valence-corrected chi connectivity index (χ4v) is 4.03. The van der Waals surface area contributed by atoms with Crippen molar-refractivity contribution in [1.82, 2.24) is 5.32 Å². The molecule has 4 nitrogen and oxygen atoms in total. The Bertz CT molecular complexity index is 841. The Balaban J connectivity index is 1.77. The average Bonchev–Trinajstić information content (AvgIpc) is 2.73. The number of carbonyl (C=O) groups is 1. The summed E-state index contributed by atoms with van der Waals surface area (Å²) >= 11 is 0. The molecule has 0 unspecified atom stereocenters. The van der Waals surface area contributed by atoms with E-state index >= 15 is 0 Å². The fourth-order valence-electron chi connectivity index (χ4n) is 4.03. The monoisotopic (exact) mass is 395 g/mol. The van der Waals surface area contributed by atoms with Gasteiger partial charge in [0.2, 0.25) is 0 Å². The van der Waals surface area contributed by atoms with E-state index in [4.69, 9.17) is 9.47 Å². The van der Waals surface area contributed by atoms with Crippen LogP contribution in [-0.4, -0.2) is 17.6 Å². The Morgan fingerprint density at radius 1 is 1.10 bits per heavy atom. The van der Waals surface area contributed by atoms with E-state index in [1.165, 1.54) is 0 Å². The number of hydrogen-bond donors (Lipinski definition) is 1. The van der Waals surface area contributed by atoms with E-state index in [1.54, 1.807) is 0 Å². The van der Waals surface area contributed by atoms with Gasteiger partial charge in [-0.1, -0.05) is 64.1 Å². The number of rotatable bonds is 7. The Labute approximate surface area is 174 Å². The molecule has 1 N–H and O–H groups in total. The largest absolute Gasteiger partial charge is 0.487 e. The smallest absolute Gasteiger partial charge is 0.261 e. The van der Waals surface area contributed by atoms with Gasteiger partial charge in [0.1, 0.15) is 17.1 Å². The second-order valence-corrected chi connectivity index (χ2v) is 8.25. The predicted octanol–water partition coefficient (Wildman–Crippen LogP) is 5.78. The molecule has 4 heteroatoms. The number of carbonyl (C=O) groups excluding carboxylic acids is 1. The number of ether oxygens (including phenoxy) is 2. The first kappa shape index (κ1) is 21.2. The standard InChI is InChI=1S/C25H33NO3/c1-6-25(7-2)16-21(20-13-9-11-15-23(20)29-25)26-24(27)18(5)28-22-14-10-8-12-19(22)17(3)4/h8-15,17-18,21H,6-7,16H2,1-5H3,(H,26,27)/t18-,21+/m0/s1. The van der Waals surface area contributed by atoms with Gasteiger partial charge in [0, 0.05) is 12.0 Å². The molecule has 0 radical (unpaired) electrons. The predicted molar refractivity (Wildman–Crippen MR) is 117 cm³/mol. The van der Waals surface area contributed by atoms with Gasteiger partial charge in [-0.3, -0.25) is 4.79 Å². The van der Waals surface area contributed by atoms with Crippen molar-refractivity contribution < 1.29 is 14.3 Å². The van der Waals surface area contributed by atoms with E-state index in [1.807, 2.05) is 49.4 Å². The first-order chi connectivity index (χ1) is 13.9. The van der Waals surface area contributed by atoms with Gasteiger partial charge in [0.25, 0.3) is 5.91 Å². The van der Waals surface area contributed by atoms with Crippen LogP contribution in [0.2, 0.25) is 0 Å². The minimum atomic E-state index is -0.581. The molecule has 0 fully saturated rings. The molecule has 0 spiro atoms. The lowest BCUT2D eigenvalue weighted by Crippen LogP contribution is -2.47. The molecule has 3 rings (SSSR count). The molecule has 0 saturated heterocycles. The molecule has 2 atom stereocenters. The molecule has 29 heavy (non-hydrogen) atoms. The van der Waals surface area contributed by atoms with E-state index in [0.717, 1.165) is 41.9 Å². The lowest BCUT2D eigenvalue weighted by molar-refractivity contribution is -0.128. The average molecular weight is 396 g/mol. The van der Waals surface area contributed by atoms with Gasteiger partial charge in [-0.15, -0.1) is 0 Å². The molecule has 156 valence electrons. The highest BCUT2D eigenvalue weighted by Gasteiger charge is 2.39. The summed E-state index contributed by atoms with van der Waals surface area (Å²) in [5.74, 6) is 1.87. The summed E-state index contributed by atoms with van der Waals surface area (Å²) in [7, 11) is 0. The van der Waals surface area contributed by atoms with Crippen molar-refractivity contribution in [3.8, 4) is 11.5 Å². The van der Waals surface area contributed by atoms with Gasteiger partial charge in [-0.25, -0.2) is 0 Å². The van der Waals surface area contributed by atoms with Crippen molar-refractivity contribution >= 4 is 5.91 Å². The number of amides is 1. The van der Waals surface area contributed by atoms with E-state index in [9.17, 15) is 4.79 Å². The van der Waals surface area contributed by atoms with Gasteiger partial charge in [0.15, 0.2) is 6.10 Å². The maximum absolute atomic E-state index is 13.0. The Morgan fingerprint density at radius 3 is 2.45 bits per heavy atom. The van der Waals surface area contributed by atoms with Gasteiger partial charge in [-0.05, 0) is 43.4 Å². The van der Waals surface area contributed by atoms with Crippen molar-refractivity contribution in [2.24, 2.45) is 0 Å². The molecular formula is C25H33NO3. The second kappa shape index (κ2) is 8.89. The Kier molecular flexibility index (Phi) is 6.51. The molecule has 1 aliphatic heterocycles. The van der Waals surface area contributed by atoms with Crippen LogP contribution in [0.3, 0.4) is 0 Å². The van der Waals surface area contributed by atoms with Crippen molar-refractivity contribution in [3.05, 3.63) is 59.7 Å². The molecule has 1 amide bonds. The van der Waals surface area contributed by atoms with Crippen molar-refractivity contribution in [2.45, 2.75) is 77.5 Å². The summed E-state index contributed by atoms with van der Waals surface area (Å²) in [5.41, 5.74) is 1.90. The van der Waals surface area contributed by atoms with E-state index in [0.29, 0.717) is 5.92 Å². The molecule has 0 bridgehead atoms. The van der Waals surface area contributed by atoms with Crippen LogP contribution in [0.4, 0.5) is 0 Å². The summed E-state index contributed by atoms with van der Waals surface area (Å²) < 4.78 is 12.4.